The number of morpholine rings is 1. The highest BCUT2D eigenvalue weighted by molar-refractivity contribution is 7.92. The third kappa shape index (κ3) is 4.55. The molecule has 31 heavy (non-hydrogen) atoms. The van der Waals surface area contributed by atoms with Crippen molar-refractivity contribution in [1.82, 2.24) is 4.90 Å². The van der Waals surface area contributed by atoms with Gasteiger partial charge in [0.2, 0.25) is 0 Å². The molecule has 0 aromatic heterocycles. The molecule has 1 saturated heterocycles. The number of carbonyl (C=O) groups is 1. The van der Waals surface area contributed by atoms with E-state index in [1.807, 2.05) is 23.1 Å². The molecule has 1 aliphatic heterocycles. The lowest BCUT2D eigenvalue weighted by molar-refractivity contribution is -0.0694. The lowest BCUT2D eigenvalue weighted by Gasteiger charge is -2.43. The van der Waals surface area contributed by atoms with Gasteiger partial charge in [-0.05, 0) is 56.2 Å². The van der Waals surface area contributed by atoms with E-state index in [1.54, 1.807) is 43.3 Å². The van der Waals surface area contributed by atoms with Crippen LogP contribution >= 0.6 is 0 Å². The number of sulfonamides is 1. The molecule has 1 saturated carbocycles. The molecule has 0 unspecified atom stereocenters. The number of carbonyl (C=O) groups excluding carboxylic acids is 1. The first-order valence-corrected chi connectivity index (χ1v) is 12.3. The third-order valence-electron chi connectivity index (χ3n) is 6.02. The topological polar surface area (TPSA) is 79.0 Å². The molecule has 0 spiro atoms. The van der Waals surface area contributed by atoms with Crippen LogP contribution < -0.4 is 9.62 Å². The summed E-state index contributed by atoms with van der Waals surface area (Å²) in [6.45, 7) is 3.25. The second kappa shape index (κ2) is 9.28. The van der Waals surface area contributed by atoms with Gasteiger partial charge >= 0.3 is 6.03 Å². The number of ether oxygens (including phenoxy) is 1. The summed E-state index contributed by atoms with van der Waals surface area (Å²) in [5.41, 5.74) is 1.20. The molecule has 2 amide bonds. The van der Waals surface area contributed by atoms with Gasteiger partial charge in [-0.1, -0.05) is 31.0 Å². The van der Waals surface area contributed by atoms with Crippen molar-refractivity contribution in [1.29, 1.82) is 0 Å². The van der Waals surface area contributed by atoms with Crippen LogP contribution in [0.4, 0.5) is 16.2 Å². The van der Waals surface area contributed by atoms with Crippen LogP contribution in [-0.4, -0.2) is 51.2 Å². The zero-order valence-corrected chi connectivity index (χ0v) is 18.6. The van der Waals surface area contributed by atoms with E-state index in [0.717, 1.165) is 25.7 Å². The van der Waals surface area contributed by atoms with Gasteiger partial charge in [-0.2, -0.15) is 0 Å². The number of hydrogen-bond acceptors (Lipinski definition) is 4. The maximum absolute atomic E-state index is 13.1. The second-order valence-electron chi connectivity index (χ2n) is 7.91. The van der Waals surface area contributed by atoms with Crippen LogP contribution in [0, 0.1) is 0 Å². The van der Waals surface area contributed by atoms with Crippen molar-refractivity contribution in [3.63, 3.8) is 0 Å². The summed E-state index contributed by atoms with van der Waals surface area (Å²) in [5, 5.41) is 2.92. The Hall–Kier alpha value is -2.58. The van der Waals surface area contributed by atoms with Crippen LogP contribution in [0.15, 0.2) is 59.5 Å². The second-order valence-corrected chi connectivity index (χ2v) is 9.78. The number of hydrogen-bond donors (Lipinski definition) is 1. The van der Waals surface area contributed by atoms with E-state index in [-0.39, 0.29) is 23.1 Å². The Balaban J connectivity index is 1.47. The number of rotatable bonds is 5. The molecule has 7 nitrogen and oxygen atoms in total. The zero-order chi connectivity index (χ0) is 21.8. The molecule has 2 fully saturated rings. The predicted octanol–water partition coefficient (Wildman–Crippen LogP) is 4.08. The summed E-state index contributed by atoms with van der Waals surface area (Å²) in [5.74, 6) is 0. The molecule has 2 atom stereocenters. The average molecular weight is 444 g/mol. The minimum atomic E-state index is -3.69. The predicted molar refractivity (Wildman–Crippen MR) is 121 cm³/mol. The molecule has 8 heteroatoms. The molecule has 0 radical (unpaired) electrons. The number of nitrogens with zero attached hydrogens (tertiary/aromatic N) is 2. The van der Waals surface area contributed by atoms with Crippen LogP contribution in [-0.2, 0) is 14.8 Å². The minimum absolute atomic E-state index is 0.117. The van der Waals surface area contributed by atoms with Gasteiger partial charge in [0.05, 0.1) is 29.3 Å². The van der Waals surface area contributed by atoms with E-state index in [0.29, 0.717) is 31.1 Å². The highest BCUT2D eigenvalue weighted by Crippen LogP contribution is 2.29. The molecule has 4 rings (SSSR count). The minimum Gasteiger partial charge on any atom is -0.374 e. The van der Waals surface area contributed by atoms with Crippen LogP contribution in [0.2, 0.25) is 0 Å². The van der Waals surface area contributed by atoms with Gasteiger partial charge < -0.3 is 15.0 Å². The Morgan fingerprint density at radius 2 is 1.81 bits per heavy atom. The van der Waals surface area contributed by atoms with Gasteiger partial charge in [0.1, 0.15) is 0 Å². The summed E-state index contributed by atoms with van der Waals surface area (Å²) in [4.78, 5) is 14.9. The molecular weight excluding hydrogens is 414 g/mol. The first-order chi connectivity index (χ1) is 15.0. The van der Waals surface area contributed by atoms with E-state index in [1.165, 1.54) is 4.31 Å². The molecule has 0 bridgehead atoms. The van der Waals surface area contributed by atoms with Crippen LogP contribution in [0.5, 0.6) is 0 Å². The number of urea groups is 1. The van der Waals surface area contributed by atoms with E-state index in [2.05, 4.69) is 5.32 Å². The number of amides is 2. The SMILES string of the molecule is CCN(c1ccccc1)S(=O)(=O)c1ccc(NC(=O)N2CCO[C@H]3CCCC[C@@H]32)cc1. The summed E-state index contributed by atoms with van der Waals surface area (Å²) < 4.78 is 33.5. The van der Waals surface area contributed by atoms with Gasteiger partial charge in [-0.3, -0.25) is 4.31 Å². The van der Waals surface area contributed by atoms with Gasteiger partial charge in [-0.25, -0.2) is 13.2 Å². The Bertz CT molecular complexity index is 993. The Morgan fingerprint density at radius 3 is 2.52 bits per heavy atom. The summed E-state index contributed by atoms with van der Waals surface area (Å²) in [6.07, 6.45) is 4.33. The molecule has 2 aromatic rings. The molecule has 2 aliphatic rings. The van der Waals surface area contributed by atoms with E-state index < -0.39 is 10.0 Å². The molecule has 166 valence electrons. The normalized spacial score (nSPS) is 21.3. The number of fused-ring (bicyclic) bond motifs is 1. The maximum atomic E-state index is 13.1. The van der Waals surface area contributed by atoms with Crippen molar-refractivity contribution in [3.05, 3.63) is 54.6 Å². The summed E-state index contributed by atoms with van der Waals surface area (Å²) in [6, 6.07) is 15.4. The van der Waals surface area contributed by atoms with Crippen molar-refractivity contribution in [2.75, 3.05) is 29.3 Å². The van der Waals surface area contributed by atoms with E-state index >= 15 is 0 Å². The van der Waals surface area contributed by atoms with E-state index in [9.17, 15) is 13.2 Å². The van der Waals surface area contributed by atoms with Gasteiger partial charge in [0.25, 0.3) is 10.0 Å². The van der Waals surface area contributed by atoms with Crippen molar-refractivity contribution < 1.29 is 17.9 Å². The quantitative estimate of drug-likeness (QED) is 0.755. The average Bonchev–Trinajstić information content (AvgIpc) is 2.80. The van der Waals surface area contributed by atoms with Gasteiger partial charge in [0.15, 0.2) is 0 Å². The fourth-order valence-electron chi connectivity index (χ4n) is 4.47. The molecular formula is C23H29N3O4S. The van der Waals surface area contributed by atoms with Crippen LogP contribution in [0.1, 0.15) is 32.6 Å². The monoisotopic (exact) mass is 443 g/mol. The first kappa shape index (κ1) is 21.6. The molecule has 1 aliphatic carbocycles. The standard InChI is InChI=1S/C23H29N3O4S/c1-2-26(19-8-4-3-5-9-19)31(28,29)20-14-12-18(13-15-20)24-23(27)25-16-17-30-22-11-7-6-10-21(22)25/h3-5,8-9,12-15,21-22H,2,6-7,10-11,16-17H2,1H3,(H,24,27)/t21-,22-/m0/s1. The lowest BCUT2D eigenvalue weighted by atomic mass is 9.90. The fraction of sp³-hybridized carbons (Fsp3) is 0.435. The number of anilines is 2. The van der Waals surface area contributed by atoms with Crippen LogP contribution in [0.3, 0.4) is 0 Å². The number of para-hydroxylation sites is 1. The first-order valence-electron chi connectivity index (χ1n) is 10.9. The highest BCUT2D eigenvalue weighted by Gasteiger charge is 2.36. The van der Waals surface area contributed by atoms with E-state index in [4.69, 9.17) is 4.74 Å². The van der Waals surface area contributed by atoms with Crippen molar-refractivity contribution in [2.45, 2.75) is 49.6 Å². The summed E-state index contributed by atoms with van der Waals surface area (Å²) in [7, 11) is -3.69. The zero-order valence-electron chi connectivity index (χ0n) is 17.7. The molecule has 2 aromatic carbocycles. The van der Waals surface area contributed by atoms with Crippen LogP contribution in [0.25, 0.3) is 0 Å². The fourth-order valence-corrected chi connectivity index (χ4v) is 5.94. The maximum Gasteiger partial charge on any atom is 0.322 e. The Labute approximate surface area is 184 Å². The number of benzene rings is 2. The highest BCUT2D eigenvalue weighted by atomic mass is 32.2. The molecule has 1 heterocycles. The van der Waals surface area contributed by atoms with Crippen molar-refractivity contribution in [3.8, 4) is 0 Å². The smallest absolute Gasteiger partial charge is 0.322 e. The Kier molecular flexibility index (Phi) is 6.48. The van der Waals surface area contributed by atoms with Crippen molar-refractivity contribution >= 4 is 27.4 Å². The largest absolute Gasteiger partial charge is 0.374 e. The Morgan fingerprint density at radius 1 is 1.10 bits per heavy atom. The number of nitrogens with one attached hydrogen (secondary N) is 1. The van der Waals surface area contributed by atoms with Crippen molar-refractivity contribution in [2.24, 2.45) is 0 Å². The van der Waals surface area contributed by atoms with Gasteiger partial charge in [0, 0.05) is 18.8 Å². The lowest BCUT2D eigenvalue weighted by Crippen LogP contribution is -2.55. The molecule has 1 N–H and O–H groups in total. The van der Waals surface area contributed by atoms with Gasteiger partial charge in [-0.15, -0.1) is 0 Å². The summed E-state index contributed by atoms with van der Waals surface area (Å²) >= 11 is 0. The third-order valence-corrected chi connectivity index (χ3v) is 7.94.